The van der Waals surface area contributed by atoms with E-state index in [1.54, 1.807) is 24.3 Å². The summed E-state index contributed by atoms with van der Waals surface area (Å²) in [6, 6.07) is 41.6. The summed E-state index contributed by atoms with van der Waals surface area (Å²) >= 11 is 0. The molecule has 0 unspecified atom stereocenters. The molecule has 0 aliphatic carbocycles. The number of benzene rings is 10. The van der Waals surface area contributed by atoms with Crippen molar-refractivity contribution in [1.82, 2.24) is 0 Å². The van der Waals surface area contributed by atoms with Crippen molar-refractivity contribution in [3.63, 3.8) is 0 Å². The van der Waals surface area contributed by atoms with Gasteiger partial charge in [-0.25, -0.2) is 0 Å². The van der Waals surface area contributed by atoms with Gasteiger partial charge in [0, 0.05) is 17.1 Å². The van der Waals surface area contributed by atoms with E-state index in [9.17, 15) is 11.0 Å². The monoisotopic (exact) mass is 738 g/mol. The van der Waals surface area contributed by atoms with Gasteiger partial charge in [-0.3, -0.25) is 0 Å². The maximum absolute atomic E-state index is 9.76. The van der Waals surface area contributed by atoms with Crippen molar-refractivity contribution in [3.05, 3.63) is 236 Å². The molecule has 268 valence electrons. The third-order valence-electron chi connectivity index (χ3n) is 10.1. The third-order valence-corrected chi connectivity index (χ3v) is 10.1. The first-order chi connectivity index (χ1) is 33.7. The molecule has 0 saturated heterocycles. The van der Waals surface area contributed by atoms with E-state index >= 15 is 0 Å². The summed E-state index contributed by atoms with van der Waals surface area (Å²) in [6.45, 7) is 0. The first kappa shape index (κ1) is 22.8. The quantitative estimate of drug-likeness (QED) is 0.150. The summed E-state index contributed by atoms with van der Waals surface area (Å²) in [5.41, 5.74) is 3.89. The van der Waals surface area contributed by atoms with Gasteiger partial charge in [0.05, 0.1) is 17.8 Å². The normalized spacial score (nSPS) is 14.4. The Morgan fingerprint density at radius 1 is 0.298 bits per heavy atom. The Morgan fingerprint density at radius 3 is 1.58 bits per heavy atom. The van der Waals surface area contributed by atoms with E-state index in [4.69, 9.17) is 6.85 Å². The summed E-state index contributed by atoms with van der Waals surface area (Å²) in [5, 5.41) is 3.72. The molecule has 0 N–H and O–H groups in total. The second-order valence-corrected chi connectivity index (χ2v) is 13.5. The predicted octanol–water partition coefficient (Wildman–Crippen LogP) is 15.8. The zero-order chi connectivity index (χ0) is 49.3. The van der Waals surface area contributed by atoms with Crippen LogP contribution >= 0.6 is 0 Å². The number of rotatable bonds is 8. The molecular formula is C56H39N. The molecule has 0 radical (unpaired) electrons. The topological polar surface area (TPSA) is 3.24 Å². The highest BCUT2D eigenvalue weighted by atomic mass is 15.1. The molecule has 0 bridgehead atoms. The molecule has 57 heavy (non-hydrogen) atoms. The zero-order valence-electron chi connectivity index (χ0n) is 43.5. The van der Waals surface area contributed by atoms with E-state index in [-0.39, 0.29) is 16.9 Å². The van der Waals surface area contributed by atoms with Gasteiger partial charge < -0.3 is 4.90 Å². The van der Waals surface area contributed by atoms with Crippen LogP contribution < -0.4 is 4.90 Å². The number of fused-ring (bicyclic) bond motifs is 2. The van der Waals surface area contributed by atoms with Crippen molar-refractivity contribution in [2.75, 3.05) is 4.90 Å². The first-order valence-electron chi connectivity index (χ1n) is 25.0. The van der Waals surface area contributed by atoms with Crippen LogP contribution in [0.3, 0.4) is 0 Å². The first-order valence-corrected chi connectivity index (χ1v) is 18.5. The van der Waals surface area contributed by atoms with Crippen LogP contribution in [0.1, 0.15) is 17.8 Å². The van der Waals surface area contributed by atoms with E-state index in [0.717, 1.165) is 44.0 Å². The Bertz CT molecular complexity index is 3670. The molecule has 0 aromatic heterocycles. The predicted molar refractivity (Wildman–Crippen MR) is 243 cm³/mol. The molecule has 1 nitrogen and oxygen atoms in total. The van der Waals surface area contributed by atoms with E-state index in [1.165, 1.54) is 4.90 Å². The van der Waals surface area contributed by atoms with Gasteiger partial charge in [0.2, 0.25) is 0 Å². The standard InChI is InChI=1S/C56H39N/c1-3-12-40(13-4-1)42-24-31-51(32-25-42)57(52-33-26-43(27-34-52)48-19-11-20-49(38-48)50-23-22-41-14-7-8-18-47(41)39-50)53-35-28-46(29-36-53)56-54-21-10-9-17-45(54)30-37-55(56)44-15-5-2-6-16-44/h1-39H/i1D,3D,4D,12D,13D,24D,25D,28D,29D,31D,32D,35D,36D. The molecule has 0 amide bonds. The van der Waals surface area contributed by atoms with Gasteiger partial charge in [-0.2, -0.15) is 0 Å². The second-order valence-electron chi connectivity index (χ2n) is 13.5. The lowest BCUT2D eigenvalue weighted by atomic mass is 9.89. The number of hydrogen-bond acceptors (Lipinski definition) is 1. The number of hydrogen-bond donors (Lipinski definition) is 0. The Hall–Kier alpha value is -7.48. The SMILES string of the molecule is [2H]c1c([2H])c([2H])c(-c2c([2H])c([2H])c(N(c3ccc(-c4cccc(-c5ccc6ccccc6c5)c4)cc3)c3c([2H])c([2H])c(-c4c(-c5ccccc5)ccc5ccccc45)c([2H])c3[2H])c([2H])c2[2H])c([2H])c1[2H]. The molecule has 0 spiro atoms. The fourth-order valence-corrected chi connectivity index (χ4v) is 7.28. The highest BCUT2D eigenvalue weighted by molar-refractivity contribution is 6.04. The molecule has 0 aliphatic heterocycles. The van der Waals surface area contributed by atoms with Crippen LogP contribution in [0.5, 0.6) is 0 Å². The average Bonchev–Trinajstić information content (AvgIpc) is 3.39. The Labute approximate surface area is 352 Å². The fraction of sp³-hybridized carbons (Fsp3) is 0. The Morgan fingerprint density at radius 2 is 0.842 bits per heavy atom. The summed E-state index contributed by atoms with van der Waals surface area (Å²) in [4.78, 5) is 1.19. The van der Waals surface area contributed by atoms with Gasteiger partial charge >= 0.3 is 0 Å². The minimum absolute atomic E-state index is 0.0205. The summed E-state index contributed by atoms with van der Waals surface area (Å²) in [7, 11) is 0. The van der Waals surface area contributed by atoms with Crippen LogP contribution in [0.2, 0.25) is 0 Å². The molecule has 10 aromatic carbocycles. The lowest BCUT2D eigenvalue weighted by molar-refractivity contribution is 1.28. The van der Waals surface area contributed by atoms with Crippen LogP contribution in [0.15, 0.2) is 236 Å². The van der Waals surface area contributed by atoms with Gasteiger partial charge in [-0.1, -0.05) is 188 Å². The van der Waals surface area contributed by atoms with E-state index in [2.05, 4.69) is 36.4 Å². The smallest absolute Gasteiger partial charge is 0.0645 e. The Balaban J connectivity index is 1.20. The van der Waals surface area contributed by atoms with Crippen molar-refractivity contribution in [1.29, 1.82) is 0 Å². The van der Waals surface area contributed by atoms with E-state index < -0.39 is 95.4 Å². The van der Waals surface area contributed by atoms with E-state index in [1.807, 2.05) is 97.1 Å². The van der Waals surface area contributed by atoms with Crippen molar-refractivity contribution in [3.8, 4) is 55.6 Å². The number of anilines is 3. The zero-order valence-corrected chi connectivity index (χ0v) is 30.5. The molecule has 0 fully saturated rings. The highest BCUT2D eigenvalue weighted by Crippen LogP contribution is 2.42. The molecule has 0 heterocycles. The van der Waals surface area contributed by atoms with Gasteiger partial charge in [0.15, 0.2) is 0 Å². The molecule has 0 aliphatic rings. The maximum atomic E-state index is 9.76. The summed E-state index contributed by atoms with van der Waals surface area (Å²) in [5.74, 6) is 0. The van der Waals surface area contributed by atoms with Crippen LogP contribution in [0.25, 0.3) is 77.2 Å². The number of nitrogens with zero attached hydrogens (tertiary/aromatic N) is 1. The fourth-order valence-electron chi connectivity index (χ4n) is 7.28. The van der Waals surface area contributed by atoms with Gasteiger partial charge in [-0.15, -0.1) is 0 Å². The van der Waals surface area contributed by atoms with E-state index in [0.29, 0.717) is 16.5 Å². The van der Waals surface area contributed by atoms with Crippen molar-refractivity contribution in [2.24, 2.45) is 0 Å². The second kappa shape index (κ2) is 15.0. The molecule has 10 aromatic rings. The highest BCUT2D eigenvalue weighted by Gasteiger charge is 2.16. The van der Waals surface area contributed by atoms with Crippen LogP contribution in [0, 0.1) is 0 Å². The maximum Gasteiger partial charge on any atom is 0.0645 e. The van der Waals surface area contributed by atoms with Crippen LogP contribution in [-0.4, -0.2) is 0 Å². The average molecular weight is 739 g/mol. The molecule has 1 heteroatoms. The lowest BCUT2D eigenvalue weighted by Gasteiger charge is -2.26. The van der Waals surface area contributed by atoms with Gasteiger partial charge in [0.25, 0.3) is 0 Å². The summed E-state index contributed by atoms with van der Waals surface area (Å²) < 4.78 is 119. The van der Waals surface area contributed by atoms with Crippen molar-refractivity contribution in [2.45, 2.75) is 0 Å². The molecule has 0 saturated carbocycles. The molecule has 0 atom stereocenters. The summed E-state index contributed by atoms with van der Waals surface area (Å²) in [6.07, 6.45) is 0. The van der Waals surface area contributed by atoms with Crippen molar-refractivity contribution < 1.29 is 17.8 Å². The Kier molecular flexibility index (Phi) is 5.99. The van der Waals surface area contributed by atoms with Gasteiger partial charge in [0.1, 0.15) is 0 Å². The minimum Gasteiger partial charge on any atom is -0.311 e. The van der Waals surface area contributed by atoms with Crippen molar-refractivity contribution >= 4 is 38.6 Å². The largest absolute Gasteiger partial charge is 0.311 e. The van der Waals surface area contributed by atoms with Gasteiger partial charge in [-0.05, 0) is 126 Å². The van der Waals surface area contributed by atoms with Crippen LogP contribution in [0.4, 0.5) is 17.1 Å². The third kappa shape index (κ3) is 6.77. The minimum atomic E-state index is -0.739. The van der Waals surface area contributed by atoms with Crippen LogP contribution in [-0.2, 0) is 0 Å². The molecular weight excluding hydrogens is 687 g/mol. The molecule has 10 rings (SSSR count). The lowest BCUT2D eigenvalue weighted by Crippen LogP contribution is -2.09.